The zero-order valence-electron chi connectivity index (χ0n) is 13.0. The van der Waals surface area contributed by atoms with E-state index in [0.717, 1.165) is 36.0 Å². The minimum atomic E-state index is 0.207. The molecule has 116 valence electrons. The van der Waals surface area contributed by atoms with Crippen molar-refractivity contribution >= 4 is 11.3 Å². The van der Waals surface area contributed by atoms with Crippen LogP contribution in [0.1, 0.15) is 33.1 Å². The standard InChI is InChI=1S/C16H24N2O2S/c1-16(2,3)12-18(7-5-8-19)11-15-17-10-13(20-15)14-6-4-9-21-14/h4,6,9-10,19H,5,7-8,11-12H2,1-3H3. The molecule has 0 unspecified atom stereocenters. The summed E-state index contributed by atoms with van der Waals surface area (Å²) in [5, 5.41) is 11.1. The van der Waals surface area contributed by atoms with Crippen molar-refractivity contribution in [3.05, 3.63) is 29.6 Å². The third-order valence-electron chi connectivity index (χ3n) is 3.01. The van der Waals surface area contributed by atoms with E-state index in [2.05, 4.69) is 30.7 Å². The molecule has 2 rings (SSSR count). The molecule has 2 heterocycles. The van der Waals surface area contributed by atoms with Gasteiger partial charge in [-0.05, 0) is 23.3 Å². The van der Waals surface area contributed by atoms with Gasteiger partial charge in [0.2, 0.25) is 5.89 Å². The Morgan fingerprint density at radius 3 is 2.81 bits per heavy atom. The number of hydrogen-bond donors (Lipinski definition) is 1. The molecular weight excluding hydrogens is 284 g/mol. The average Bonchev–Trinajstić information content (AvgIpc) is 3.04. The molecular formula is C16H24N2O2S. The second kappa shape index (κ2) is 7.20. The highest BCUT2D eigenvalue weighted by Crippen LogP contribution is 2.26. The van der Waals surface area contributed by atoms with Gasteiger partial charge in [0.25, 0.3) is 0 Å². The third kappa shape index (κ3) is 5.26. The molecule has 0 saturated heterocycles. The molecule has 0 bridgehead atoms. The Bertz CT molecular complexity index is 529. The molecule has 0 spiro atoms. The Morgan fingerprint density at radius 2 is 2.19 bits per heavy atom. The minimum Gasteiger partial charge on any atom is -0.438 e. The predicted octanol–water partition coefficient (Wildman–Crippen LogP) is 3.63. The molecule has 0 saturated carbocycles. The van der Waals surface area contributed by atoms with E-state index < -0.39 is 0 Å². The van der Waals surface area contributed by atoms with E-state index in [1.165, 1.54) is 0 Å². The van der Waals surface area contributed by atoms with Crippen LogP contribution >= 0.6 is 11.3 Å². The number of oxazole rings is 1. The fraction of sp³-hybridized carbons (Fsp3) is 0.562. The van der Waals surface area contributed by atoms with Gasteiger partial charge in [-0.25, -0.2) is 4.98 Å². The van der Waals surface area contributed by atoms with E-state index in [1.807, 2.05) is 17.5 Å². The second-order valence-electron chi connectivity index (χ2n) is 6.44. The van der Waals surface area contributed by atoms with Crippen LogP contribution in [-0.4, -0.2) is 34.7 Å². The number of aromatic nitrogens is 1. The van der Waals surface area contributed by atoms with Crippen LogP contribution in [0.3, 0.4) is 0 Å². The lowest BCUT2D eigenvalue weighted by Gasteiger charge is -2.28. The summed E-state index contributed by atoms with van der Waals surface area (Å²) in [6, 6.07) is 4.04. The highest BCUT2D eigenvalue weighted by Gasteiger charge is 2.18. The van der Waals surface area contributed by atoms with Crippen molar-refractivity contribution in [2.75, 3.05) is 19.7 Å². The van der Waals surface area contributed by atoms with E-state index >= 15 is 0 Å². The van der Waals surface area contributed by atoms with E-state index in [1.54, 1.807) is 17.5 Å². The van der Waals surface area contributed by atoms with Crippen molar-refractivity contribution in [1.29, 1.82) is 0 Å². The smallest absolute Gasteiger partial charge is 0.209 e. The summed E-state index contributed by atoms with van der Waals surface area (Å²) in [4.78, 5) is 7.78. The topological polar surface area (TPSA) is 49.5 Å². The van der Waals surface area contributed by atoms with Crippen LogP contribution in [0.4, 0.5) is 0 Å². The predicted molar refractivity (Wildman–Crippen MR) is 86.3 cm³/mol. The van der Waals surface area contributed by atoms with E-state index in [9.17, 15) is 0 Å². The largest absolute Gasteiger partial charge is 0.438 e. The quantitative estimate of drug-likeness (QED) is 0.848. The van der Waals surface area contributed by atoms with Gasteiger partial charge in [0, 0.05) is 19.7 Å². The first kappa shape index (κ1) is 16.2. The summed E-state index contributed by atoms with van der Waals surface area (Å²) < 4.78 is 5.85. The fourth-order valence-electron chi connectivity index (χ4n) is 2.29. The lowest BCUT2D eigenvalue weighted by atomic mass is 9.96. The van der Waals surface area contributed by atoms with Crippen LogP contribution in [0.2, 0.25) is 0 Å². The molecule has 1 N–H and O–H groups in total. The van der Waals surface area contributed by atoms with Crippen LogP contribution in [0.25, 0.3) is 10.6 Å². The van der Waals surface area contributed by atoms with Crippen molar-refractivity contribution in [3.63, 3.8) is 0 Å². The van der Waals surface area contributed by atoms with Gasteiger partial charge in [-0.2, -0.15) is 0 Å². The Labute approximate surface area is 130 Å². The second-order valence-corrected chi connectivity index (χ2v) is 7.39. The highest BCUT2D eigenvalue weighted by atomic mass is 32.1. The number of aliphatic hydroxyl groups excluding tert-OH is 1. The number of nitrogens with zero attached hydrogens (tertiary/aromatic N) is 2. The summed E-state index contributed by atoms with van der Waals surface area (Å²) in [5.41, 5.74) is 0.207. The van der Waals surface area contributed by atoms with Gasteiger partial charge >= 0.3 is 0 Å². The fourth-order valence-corrected chi connectivity index (χ4v) is 2.96. The van der Waals surface area contributed by atoms with Crippen LogP contribution in [0.5, 0.6) is 0 Å². The Balaban J connectivity index is 2.02. The van der Waals surface area contributed by atoms with Crippen LogP contribution in [0.15, 0.2) is 28.1 Å². The monoisotopic (exact) mass is 308 g/mol. The molecule has 0 amide bonds. The lowest BCUT2D eigenvalue weighted by Crippen LogP contribution is -2.33. The molecule has 21 heavy (non-hydrogen) atoms. The van der Waals surface area contributed by atoms with Gasteiger partial charge in [0.1, 0.15) is 0 Å². The molecule has 4 nitrogen and oxygen atoms in total. The summed E-state index contributed by atoms with van der Waals surface area (Å²) in [5.74, 6) is 1.57. The first-order valence-electron chi connectivity index (χ1n) is 7.30. The first-order valence-corrected chi connectivity index (χ1v) is 8.18. The maximum Gasteiger partial charge on any atom is 0.209 e. The number of rotatable bonds is 7. The van der Waals surface area contributed by atoms with Crippen molar-refractivity contribution in [2.45, 2.75) is 33.7 Å². The molecule has 2 aromatic heterocycles. The molecule has 0 radical (unpaired) electrons. The van der Waals surface area contributed by atoms with Crippen molar-refractivity contribution in [3.8, 4) is 10.6 Å². The van der Waals surface area contributed by atoms with Gasteiger partial charge in [-0.15, -0.1) is 11.3 Å². The van der Waals surface area contributed by atoms with Crippen molar-refractivity contribution in [2.24, 2.45) is 5.41 Å². The molecule has 5 heteroatoms. The third-order valence-corrected chi connectivity index (χ3v) is 3.89. The summed E-state index contributed by atoms with van der Waals surface area (Å²) in [6.45, 7) is 9.34. The van der Waals surface area contributed by atoms with E-state index in [-0.39, 0.29) is 12.0 Å². The van der Waals surface area contributed by atoms with Gasteiger partial charge in [0.15, 0.2) is 5.76 Å². The molecule has 0 aliphatic heterocycles. The van der Waals surface area contributed by atoms with Crippen LogP contribution in [0, 0.1) is 5.41 Å². The van der Waals surface area contributed by atoms with Crippen molar-refractivity contribution < 1.29 is 9.52 Å². The minimum absolute atomic E-state index is 0.207. The van der Waals surface area contributed by atoms with Gasteiger partial charge < -0.3 is 9.52 Å². The number of hydrogen-bond acceptors (Lipinski definition) is 5. The number of aliphatic hydroxyl groups is 1. The Hall–Kier alpha value is -1.17. The normalized spacial score (nSPS) is 12.2. The van der Waals surface area contributed by atoms with Gasteiger partial charge in [0.05, 0.1) is 17.6 Å². The highest BCUT2D eigenvalue weighted by molar-refractivity contribution is 7.13. The molecule has 0 aliphatic rings. The van der Waals surface area contributed by atoms with Crippen molar-refractivity contribution in [1.82, 2.24) is 9.88 Å². The van der Waals surface area contributed by atoms with Gasteiger partial charge in [-0.1, -0.05) is 26.8 Å². The molecule has 0 atom stereocenters. The SMILES string of the molecule is CC(C)(C)CN(CCCO)Cc1ncc(-c2cccs2)o1. The summed E-state index contributed by atoms with van der Waals surface area (Å²) in [6.07, 6.45) is 2.57. The van der Waals surface area contributed by atoms with Crippen LogP contribution < -0.4 is 0 Å². The van der Waals surface area contributed by atoms with E-state index in [0.29, 0.717) is 6.54 Å². The van der Waals surface area contributed by atoms with Gasteiger partial charge in [-0.3, -0.25) is 4.90 Å². The Kier molecular flexibility index (Phi) is 5.56. The van der Waals surface area contributed by atoms with Crippen LogP contribution in [-0.2, 0) is 6.54 Å². The zero-order valence-corrected chi connectivity index (χ0v) is 13.8. The summed E-state index contributed by atoms with van der Waals surface area (Å²) in [7, 11) is 0. The summed E-state index contributed by atoms with van der Waals surface area (Å²) >= 11 is 1.65. The lowest BCUT2D eigenvalue weighted by molar-refractivity contribution is 0.155. The zero-order chi connectivity index (χ0) is 15.3. The van der Waals surface area contributed by atoms with E-state index in [4.69, 9.17) is 9.52 Å². The molecule has 0 aromatic carbocycles. The number of thiophene rings is 1. The molecule has 0 fully saturated rings. The Morgan fingerprint density at radius 1 is 1.38 bits per heavy atom. The molecule has 2 aromatic rings. The average molecular weight is 308 g/mol. The maximum absolute atomic E-state index is 9.04. The first-order chi connectivity index (χ1) is 9.98. The molecule has 0 aliphatic carbocycles. The maximum atomic E-state index is 9.04.